The van der Waals surface area contributed by atoms with Crippen molar-refractivity contribution in [1.82, 2.24) is 15.0 Å². The molecule has 2 aromatic rings. The number of anilines is 2. The summed E-state index contributed by atoms with van der Waals surface area (Å²) >= 11 is 0. The van der Waals surface area contributed by atoms with E-state index < -0.39 is 6.17 Å². The highest BCUT2D eigenvalue weighted by molar-refractivity contribution is 5.46. The van der Waals surface area contributed by atoms with E-state index in [1.54, 1.807) is 12.3 Å². The minimum Gasteiger partial charge on any atom is -0.358 e. The summed E-state index contributed by atoms with van der Waals surface area (Å²) < 4.78 is 14.0. The van der Waals surface area contributed by atoms with E-state index in [0.29, 0.717) is 31.0 Å². The van der Waals surface area contributed by atoms with Crippen LogP contribution in [0.2, 0.25) is 0 Å². The topological polar surface area (TPSA) is 68.9 Å². The van der Waals surface area contributed by atoms with Gasteiger partial charge in [-0.1, -0.05) is 6.07 Å². The summed E-state index contributed by atoms with van der Waals surface area (Å²) in [6.45, 7) is 2.79. The van der Waals surface area contributed by atoms with Crippen LogP contribution in [0.15, 0.2) is 30.7 Å². The molecule has 0 N–H and O–H groups in total. The van der Waals surface area contributed by atoms with Crippen LogP contribution in [-0.4, -0.2) is 47.3 Å². The van der Waals surface area contributed by atoms with Crippen molar-refractivity contribution < 1.29 is 4.39 Å². The third-order valence-electron chi connectivity index (χ3n) is 4.29. The van der Waals surface area contributed by atoms with E-state index in [1.807, 2.05) is 35.9 Å². The Kier molecular flexibility index (Phi) is 4.56. The zero-order valence-electron chi connectivity index (χ0n) is 13.7. The quantitative estimate of drug-likeness (QED) is 0.857. The van der Waals surface area contributed by atoms with E-state index in [1.165, 1.54) is 6.33 Å². The Bertz CT molecular complexity index is 744. The third-order valence-corrected chi connectivity index (χ3v) is 4.29. The fourth-order valence-corrected chi connectivity index (χ4v) is 3.02. The predicted molar refractivity (Wildman–Crippen MR) is 89.6 cm³/mol. The van der Waals surface area contributed by atoms with Gasteiger partial charge >= 0.3 is 0 Å². The molecule has 1 aliphatic rings. The summed E-state index contributed by atoms with van der Waals surface area (Å²) in [6, 6.07) is 7.65. The first kappa shape index (κ1) is 16.1. The molecule has 0 aliphatic carbocycles. The van der Waals surface area contributed by atoms with Gasteiger partial charge < -0.3 is 9.80 Å². The molecular weight excluding hydrogens is 307 g/mol. The van der Waals surface area contributed by atoms with Crippen molar-refractivity contribution >= 4 is 11.6 Å². The van der Waals surface area contributed by atoms with Gasteiger partial charge in [-0.05, 0) is 24.6 Å². The number of aromatic nitrogens is 3. The van der Waals surface area contributed by atoms with Crippen molar-refractivity contribution in [3.05, 3.63) is 42.0 Å². The average Bonchev–Trinajstić information content (AvgIpc) is 2.96. The Morgan fingerprint density at radius 2 is 2.25 bits per heavy atom. The van der Waals surface area contributed by atoms with Crippen molar-refractivity contribution in [2.45, 2.75) is 25.6 Å². The molecule has 3 rings (SSSR count). The van der Waals surface area contributed by atoms with Crippen LogP contribution in [0.1, 0.15) is 17.7 Å². The molecule has 7 heteroatoms. The molecule has 124 valence electrons. The molecule has 3 heterocycles. The molecule has 6 nitrogen and oxygen atoms in total. The maximum atomic E-state index is 14.0. The SMILES string of the molecule is Cc1ccc(N(C)C[C@@H]2C[C@H](F)CN2c2ccncn2)nc1C#N. The predicted octanol–water partition coefficient (Wildman–Crippen LogP) is 2.10. The van der Waals surface area contributed by atoms with E-state index in [4.69, 9.17) is 5.26 Å². The second-order valence-electron chi connectivity index (χ2n) is 6.03. The summed E-state index contributed by atoms with van der Waals surface area (Å²) in [5, 5.41) is 9.13. The molecule has 0 spiro atoms. The highest BCUT2D eigenvalue weighted by atomic mass is 19.1. The Hall–Kier alpha value is -2.75. The number of halogens is 1. The number of aryl methyl sites for hydroxylation is 1. The van der Waals surface area contributed by atoms with Gasteiger partial charge in [0.1, 0.15) is 35.9 Å². The molecular formula is C17H19FN6. The number of hydrogen-bond acceptors (Lipinski definition) is 6. The van der Waals surface area contributed by atoms with Crippen molar-refractivity contribution in [3.63, 3.8) is 0 Å². The maximum absolute atomic E-state index is 14.0. The van der Waals surface area contributed by atoms with Crippen molar-refractivity contribution in [2.75, 3.05) is 29.9 Å². The van der Waals surface area contributed by atoms with Crippen molar-refractivity contribution in [2.24, 2.45) is 0 Å². The van der Waals surface area contributed by atoms with E-state index in [9.17, 15) is 4.39 Å². The zero-order chi connectivity index (χ0) is 17.1. The monoisotopic (exact) mass is 326 g/mol. The molecule has 1 aliphatic heterocycles. The molecule has 0 radical (unpaired) electrons. The van der Waals surface area contributed by atoms with Gasteiger partial charge in [0.25, 0.3) is 0 Å². The number of likely N-dealkylation sites (N-methyl/N-ethyl adjacent to an activating group) is 1. The minimum absolute atomic E-state index is 0.00598. The molecule has 1 saturated heterocycles. The summed E-state index contributed by atoms with van der Waals surface area (Å²) in [7, 11) is 1.91. The van der Waals surface area contributed by atoms with Crippen molar-refractivity contribution in [1.29, 1.82) is 5.26 Å². The maximum Gasteiger partial charge on any atom is 0.145 e. The van der Waals surface area contributed by atoms with Gasteiger partial charge in [0.05, 0.1) is 12.6 Å². The lowest BCUT2D eigenvalue weighted by Gasteiger charge is -2.29. The average molecular weight is 326 g/mol. The highest BCUT2D eigenvalue weighted by Crippen LogP contribution is 2.26. The van der Waals surface area contributed by atoms with Crippen molar-refractivity contribution in [3.8, 4) is 6.07 Å². The smallest absolute Gasteiger partial charge is 0.145 e. The Balaban J connectivity index is 1.77. The van der Waals surface area contributed by atoms with Gasteiger partial charge in [-0.15, -0.1) is 0 Å². The molecule has 24 heavy (non-hydrogen) atoms. The number of pyridine rings is 1. The number of hydrogen-bond donors (Lipinski definition) is 0. The first-order valence-electron chi connectivity index (χ1n) is 7.84. The number of nitrogens with zero attached hydrogens (tertiary/aromatic N) is 6. The Morgan fingerprint density at radius 3 is 2.96 bits per heavy atom. The Labute approximate surface area is 140 Å². The molecule has 0 bridgehead atoms. The van der Waals surface area contributed by atoms with Gasteiger partial charge in [0.15, 0.2) is 0 Å². The highest BCUT2D eigenvalue weighted by Gasteiger charge is 2.33. The van der Waals surface area contributed by atoms with Crippen LogP contribution in [0.3, 0.4) is 0 Å². The summed E-state index contributed by atoms with van der Waals surface area (Å²) in [6.07, 6.45) is 2.71. The number of rotatable bonds is 4. The van der Waals surface area contributed by atoms with Crippen LogP contribution in [0.25, 0.3) is 0 Å². The summed E-state index contributed by atoms with van der Waals surface area (Å²) in [4.78, 5) is 16.5. The zero-order valence-corrected chi connectivity index (χ0v) is 13.7. The lowest BCUT2D eigenvalue weighted by atomic mass is 10.2. The van der Waals surface area contributed by atoms with Crippen LogP contribution in [0.4, 0.5) is 16.0 Å². The van der Waals surface area contributed by atoms with Crippen LogP contribution in [-0.2, 0) is 0 Å². The molecule has 2 atom stereocenters. The van der Waals surface area contributed by atoms with Crippen LogP contribution >= 0.6 is 0 Å². The summed E-state index contributed by atoms with van der Waals surface area (Å²) in [5.74, 6) is 1.44. The fraction of sp³-hybridized carbons (Fsp3) is 0.412. The van der Waals surface area contributed by atoms with Crippen LogP contribution in [0, 0.1) is 18.3 Å². The normalized spacial score (nSPS) is 20.0. The molecule has 0 unspecified atom stereocenters. The number of alkyl halides is 1. The third kappa shape index (κ3) is 3.27. The largest absolute Gasteiger partial charge is 0.358 e. The fourth-order valence-electron chi connectivity index (χ4n) is 3.02. The standard InChI is InChI=1S/C17H19FN6/c1-12-3-4-17(22-15(12)8-19)23(2)10-14-7-13(18)9-24(14)16-5-6-20-11-21-16/h3-6,11,13-14H,7,9-10H2,1-2H3/t13-,14-/m0/s1. The number of nitriles is 1. The van der Waals surface area contributed by atoms with E-state index >= 15 is 0 Å². The van der Waals surface area contributed by atoms with Gasteiger partial charge in [-0.3, -0.25) is 0 Å². The van der Waals surface area contributed by atoms with Gasteiger partial charge in [-0.2, -0.15) is 5.26 Å². The molecule has 0 aromatic carbocycles. The van der Waals surface area contributed by atoms with Gasteiger partial charge in [0.2, 0.25) is 0 Å². The summed E-state index contributed by atoms with van der Waals surface area (Å²) in [5.41, 5.74) is 1.27. The van der Waals surface area contributed by atoms with E-state index in [2.05, 4.69) is 21.0 Å². The Morgan fingerprint density at radius 1 is 1.42 bits per heavy atom. The first-order chi connectivity index (χ1) is 11.6. The van der Waals surface area contributed by atoms with E-state index in [-0.39, 0.29) is 6.04 Å². The van der Waals surface area contributed by atoms with Gasteiger partial charge in [-0.25, -0.2) is 19.3 Å². The second kappa shape index (κ2) is 6.79. The molecule has 2 aromatic heterocycles. The van der Waals surface area contributed by atoms with Crippen LogP contribution < -0.4 is 9.80 Å². The molecule has 1 fully saturated rings. The molecule has 0 amide bonds. The second-order valence-corrected chi connectivity index (χ2v) is 6.03. The molecule has 0 saturated carbocycles. The lowest BCUT2D eigenvalue weighted by molar-refractivity contribution is 0.356. The minimum atomic E-state index is -0.876. The first-order valence-corrected chi connectivity index (χ1v) is 7.84. The van der Waals surface area contributed by atoms with E-state index in [0.717, 1.165) is 11.4 Å². The van der Waals surface area contributed by atoms with Gasteiger partial charge in [0, 0.05) is 26.2 Å². The lowest BCUT2D eigenvalue weighted by Crippen LogP contribution is -2.39. The van der Waals surface area contributed by atoms with Crippen LogP contribution in [0.5, 0.6) is 0 Å².